The number of nitrogens with zero attached hydrogens (tertiary/aromatic N) is 1. The first-order valence-electron chi connectivity index (χ1n) is 11.0. The Kier molecular flexibility index (Phi) is 8.49. The number of ether oxygens (including phenoxy) is 2. The molecule has 0 spiro atoms. The largest absolute Gasteiger partial charge is 0.497 e. The summed E-state index contributed by atoms with van der Waals surface area (Å²) in [6.07, 6.45) is 0.884. The van der Waals surface area contributed by atoms with Gasteiger partial charge in [-0.1, -0.05) is 37.0 Å². The van der Waals surface area contributed by atoms with E-state index >= 15 is 0 Å². The van der Waals surface area contributed by atoms with E-state index in [4.69, 9.17) is 32.7 Å². The van der Waals surface area contributed by atoms with Gasteiger partial charge in [-0.3, -0.25) is 9.59 Å². The van der Waals surface area contributed by atoms with Gasteiger partial charge in [-0.2, -0.15) is 0 Å². The third-order valence-corrected chi connectivity index (χ3v) is 6.51. The molecule has 8 heteroatoms. The Morgan fingerprint density at radius 1 is 1.09 bits per heavy atom. The Morgan fingerprint density at radius 2 is 1.85 bits per heavy atom. The Morgan fingerprint density at radius 3 is 2.48 bits per heavy atom. The van der Waals surface area contributed by atoms with Gasteiger partial charge in [0.25, 0.3) is 5.91 Å². The number of hydrogen-bond acceptors (Lipinski definition) is 4. The van der Waals surface area contributed by atoms with E-state index in [1.165, 1.54) is 0 Å². The third-order valence-electron chi connectivity index (χ3n) is 5.96. The minimum absolute atomic E-state index is 0.0805. The molecule has 33 heavy (non-hydrogen) atoms. The molecule has 2 aromatic carbocycles. The molecule has 1 saturated heterocycles. The lowest BCUT2D eigenvalue weighted by molar-refractivity contribution is -0.124. The van der Waals surface area contributed by atoms with Crippen LogP contribution in [0.5, 0.6) is 11.5 Å². The molecule has 0 saturated carbocycles. The number of methoxy groups -OCH3 is 2. The number of hydrogen-bond donors (Lipinski definition) is 1. The SMILES string of the molecule is COc1ccc(OC)c([C@H]2CN(C(=O)c3ccc(Cl)cc3Cl)C[C@H]2C(=O)NCCC(C)C)c1. The Balaban J connectivity index is 1.93. The van der Waals surface area contributed by atoms with Gasteiger partial charge in [-0.15, -0.1) is 0 Å². The van der Waals surface area contributed by atoms with Crippen molar-refractivity contribution in [2.45, 2.75) is 26.2 Å². The quantitative estimate of drug-likeness (QED) is 0.560. The van der Waals surface area contributed by atoms with Crippen molar-refractivity contribution in [2.75, 3.05) is 33.9 Å². The molecule has 3 rings (SSSR count). The van der Waals surface area contributed by atoms with Gasteiger partial charge in [0.15, 0.2) is 0 Å². The first-order valence-corrected chi connectivity index (χ1v) is 11.7. The van der Waals surface area contributed by atoms with Crippen LogP contribution in [0, 0.1) is 11.8 Å². The van der Waals surface area contributed by atoms with Gasteiger partial charge < -0.3 is 19.7 Å². The summed E-state index contributed by atoms with van der Waals surface area (Å²) in [7, 11) is 3.18. The van der Waals surface area contributed by atoms with Gasteiger partial charge in [0.1, 0.15) is 11.5 Å². The van der Waals surface area contributed by atoms with Gasteiger partial charge in [0.2, 0.25) is 5.91 Å². The van der Waals surface area contributed by atoms with Crippen LogP contribution in [0.2, 0.25) is 10.0 Å². The fourth-order valence-electron chi connectivity index (χ4n) is 4.13. The standard InChI is InChI=1S/C25H30Cl2N2O4/c1-15(2)9-10-28-24(30)21-14-29(25(31)18-7-5-16(26)11-22(18)27)13-20(21)19-12-17(32-3)6-8-23(19)33-4/h5-8,11-12,15,20-21H,9-10,13-14H2,1-4H3,(H,28,30)/t20-,21-/m1/s1. The van der Waals surface area contributed by atoms with E-state index < -0.39 is 5.92 Å². The number of rotatable bonds is 8. The summed E-state index contributed by atoms with van der Waals surface area (Å²) in [5.41, 5.74) is 1.19. The van der Waals surface area contributed by atoms with Crippen molar-refractivity contribution in [3.8, 4) is 11.5 Å². The van der Waals surface area contributed by atoms with E-state index in [0.29, 0.717) is 41.1 Å². The molecule has 1 heterocycles. The van der Waals surface area contributed by atoms with Gasteiger partial charge in [0, 0.05) is 36.1 Å². The first-order chi connectivity index (χ1) is 15.7. The van der Waals surface area contributed by atoms with Crippen molar-refractivity contribution in [2.24, 2.45) is 11.8 Å². The van der Waals surface area contributed by atoms with Crippen molar-refractivity contribution in [3.63, 3.8) is 0 Å². The second-order valence-corrected chi connectivity index (χ2v) is 9.47. The molecular weight excluding hydrogens is 463 g/mol. The average Bonchev–Trinajstić information content (AvgIpc) is 3.23. The summed E-state index contributed by atoms with van der Waals surface area (Å²) in [5, 5.41) is 3.79. The number of carbonyl (C=O) groups excluding carboxylic acids is 2. The van der Waals surface area contributed by atoms with Crippen LogP contribution in [0.1, 0.15) is 42.1 Å². The zero-order valence-electron chi connectivity index (χ0n) is 19.4. The van der Waals surface area contributed by atoms with Gasteiger partial charge in [-0.05, 0) is 48.7 Å². The van der Waals surface area contributed by atoms with E-state index in [1.807, 2.05) is 18.2 Å². The lowest BCUT2D eigenvalue weighted by Crippen LogP contribution is -2.36. The normalized spacial score (nSPS) is 17.8. The van der Waals surface area contributed by atoms with Crippen LogP contribution in [0.4, 0.5) is 0 Å². The van der Waals surface area contributed by atoms with Crippen LogP contribution >= 0.6 is 23.2 Å². The highest BCUT2D eigenvalue weighted by molar-refractivity contribution is 6.36. The van der Waals surface area contributed by atoms with Crippen LogP contribution in [0.25, 0.3) is 0 Å². The van der Waals surface area contributed by atoms with Gasteiger partial charge >= 0.3 is 0 Å². The molecule has 6 nitrogen and oxygen atoms in total. The van der Waals surface area contributed by atoms with Crippen LogP contribution in [0.3, 0.4) is 0 Å². The highest BCUT2D eigenvalue weighted by atomic mass is 35.5. The van der Waals surface area contributed by atoms with Crippen LogP contribution < -0.4 is 14.8 Å². The molecular formula is C25H30Cl2N2O4. The predicted molar refractivity (Wildman–Crippen MR) is 131 cm³/mol. The molecule has 2 aromatic rings. The van der Waals surface area contributed by atoms with Crippen molar-refractivity contribution >= 4 is 35.0 Å². The number of amides is 2. The molecule has 1 aliphatic heterocycles. The fourth-order valence-corrected chi connectivity index (χ4v) is 4.62. The fraction of sp³-hybridized carbons (Fsp3) is 0.440. The van der Waals surface area contributed by atoms with Crippen LogP contribution in [-0.4, -0.2) is 50.6 Å². The summed E-state index contributed by atoms with van der Waals surface area (Å²) in [6.45, 7) is 5.44. The Hall–Kier alpha value is -2.44. The van der Waals surface area contributed by atoms with E-state index in [1.54, 1.807) is 37.3 Å². The van der Waals surface area contributed by atoms with Crippen LogP contribution in [0.15, 0.2) is 36.4 Å². The van der Waals surface area contributed by atoms with Crippen molar-refractivity contribution in [1.82, 2.24) is 10.2 Å². The summed E-state index contributed by atoms with van der Waals surface area (Å²) >= 11 is 12.3. The number of likely N-dealkylation sites (tertiary alicyclic amines) is 1. The van der Waals surface area contributed by atoms with Gasteiger partial charge in [0.05, 0.1) is 30.7 Å². The molecule has 178 valence electrons. The summed E-state index contributed by atoms with van der Waals surface area (Å²) in [6, 6.07) is 10.3. The highest BCUT2D eigenvalue weighted by Gasteiger charge is 2.42. The molecule has 0 aromatic heterocycles. The zero-order valence-corrected chi connectivity index (χ0v) is 20.9. The van der Waals surface area contributed by atoms with E-state index in [9.17, 15) is 9.59 Å². The molecule has 2 atom stereocenters. The number of halogens is 2. The van der Waals surface area contributed by atoms with E-state index in [0.717, 1.165) is 12.0 Å². The minimum atomic E-state index is -0.437. The molecule has 0 unspecified atom stereocenters. The second kappa shape index (κ2) is 11.1. The van der Waals surface area contributed by atoms with Gasteiger partial charge in [-0.25, -0.2) is 0 Å². The summed E-state index contributed by atoms with van der Waals surface area (Å²) in [4.78, 5) is 28.2. The minimum Gasteiger partial charge on any atom is -0.497 e. The summed E-state index contributed by atoms with van der Waals surface area (Å²) in [5.74, 6) is 0.782. The molecule has 0 aliphatic carbocycles. The van der Waals surface area contributed by atoms with E-state index in [-0.39, 0.29) is 29.3 Å². The maximum atomic E-state index is 13.3. The third kappa shape index (κ3) is 5.92. The molecule has 0 radical (unpaired) electrons. The maximum Gasteiger partial charge on any atom is 0.255 e. The predicted octanol–water partition coefficient (Wildman–Crippen LogP) is 5.03. The summed E-state index contributed by atoms with van der Waals surface area (Å²) < 4.78 is 11.0. The smallest absolute Gasteiger partial charge is 0.255 e. The number of benzene rings is 2. The number of carbonyl (C=O) groups is 2. The molecule has 0 bridgehead atoms. The average molecular weight is 493 g/mol. The molecule has 1 N–H and O–H groups in total. The lowest BCUT2D eigenvalue weighted by Gasteiger charge is -2.21. The Labute approximate surface area is 205 Å². The van der Waals surface area contributed by atoms with E-state index in [2.05, 4.69) is 19.2 Å². The Bertz CT molecular complexity index is 1010. The number of nitrogens with one attached hydrogen (secondary N) is 1. The maximum absolute atomic E-state index is 13.3. The zero-order chi connectivity index (χ0) is 24.1. The highest BCUT2D eigenvalue weighted by Crippen LogP contribution is 2.40. The van der Waals surface area contributed by atoms with Crippen molar-refractivity contribution in [1.29, 1.82) is 0 Å². The molecule has 1 aliphatic rings. The van der Waals surface area contributed by atoms with Crippen molar-refractivity contribution < 1.29 is 19.1 Å². The lowest BCUT2D eigenvalue weighted by atomic mass is 9.87. The second-order valence-electron chi connectivity index (χ2n) is 8.63. The van der Waals surface area contributed by atoms with Crippen LogP contribution in [-0.2, 0) is 4.79 Å². The van der Waals surface area contributed by atoms with Crippen molar-refractivity contribution in [3.05, 3.63) is 57.6 Å². The molecule has 1 fully saturated rings. The monoisotopic (exact) mass is 492 g/mol. The molecule has 2 amide bonds. The first kappa shape index (κ1) is 25.2. The topological polar surface area (TPSA) is 67.9 Å².